The normalized spacial score (nSPS) is 29.7. The second-order valence-electron chi connectivity index (χ2n) is 23.6. The van der Waals surface area contributed by atoms with Gasteiger partial charge in [-0.05, 0) is 174 Å². The molecule has 15 heteroatoms. The molecule has 3 spiro atoms. The Morgan fingerprint density at radius 3 is 1.52 bits per heavy atom. The van der Waals surface area contributed by atoms with Crippen molar-refractivity contribution in [3.8, 4) is 0 Å². The molecule has 6 N–H and O–H groups in total. The van der Waals surface area contributed by atoms with Gasteiger partial charge in [-0.3, -0.25) is 0 Å². The van der Waals surface area contributed by atoms with Gasteiger partial charge >= 0.3 is 5.97 Å². The van der Waals surface area contributed by atoms with E-state index in [1.54, 1.807) is 6.20 Å². The van der Waals surface area contributed by atoms with Gasteiger partial charge in [0, 0.05) is 36.1 Å². The summed E-state index contributed by atoms with van der Waals surface area (Å²) in [5.41, 5.74) is 0.793. The molecular weight excluding hydrogens is 891 g/mol. The van der Waals surface area contributed by atoms with Crippen LogP contribution in [0, 0.1) is 16.2 Å². The molecule has 12 nitrogen and oxygen atoms in total. The molecule has 66 heavy (non-hydrogen) atoms. The highest BCUT2D eigenvalue weighted by atomic mass is 32.2. The first-order valence-corrected chi connectivity index (χ1v) is 28.6. The number of hydrogen-bond acceptors (Lipinski definition) is 9. The van der Waals surface area contributed by atoms with E-state index in [4.69, 9.17) is 4.74 Å². The fourth-order valence-corrected chi connectivity index (χ4v) is 14.6. The lowest BCUT2D eigenvalue weighted by atomic mass is 9.70. The van der Waals surface area contributed by atoms with Crippen LogP contribution in [0.25, 0.3) is 10.8 Å². The third-order valence-electron chi connectivity index (χ3n) is 15.5. The number of aromatic nitrogens is 1. The first-order valence-electron chi connectivity index (χ1n) is 25.1. The minimum Gasteiger partial charge on any atom is -0.458 e. The molecule has 2 heterocycles. The number of aliphatic hydroxyl groups is 2. The Bertz CT molecular complexity index is 1930. The zero-order chi connectivity index (χ0) is 48.1. The number of fused-ring (bicyclic) bond motifs is 1. The number of carbonyl (C=O) groups is 1. The molecule has 6 aliphatic rings. The molecule has 9 atom stereocenters. The van der Waals surface area contributed by atoms with E-state index in [9.17, 15) is 27.6 Å². The highest BCUT2D eigenvalue weighted by molar-refractivity contribution is 7.85. The van der Waals surface area contributed by atoms with Gasteiger partial charge in [-0.2, -0.15) is 0 Å². The topological polar surface area (TPSA) is 179 Å². The van der Waals surface area contributed by atoms with Crippen molar-refractivity contribution in [2.24, 2.45) is 16.2 Å². The van der Waals surface area contributed by atoms with Crippen molar-refractivity contribution < 1.29 is 32.4 Å². The van der Waals surface area contributed by atoms with Crippen LogP contribution in [0.4, 0.5) is 0 Å². The van der Waals surface area contributed by atoms with Crippen LogP contribution in [0.5, 0.6) is 0 Å². The standard InChI is InChI=1S/C24H32N2O3S.C14H27NO2S.C13H26N2O2S/c1-23(2,3)30(28)26-20-15-18(16-24(20)12-7-4-8-13-24)29-22(27)21-19-10-6-5-9-17(19)11-14-25-21;1-13(2,3)18(17)15-12-9-11(16)10-14(12)7-5-4-6-8-14;1-12(2,3)18(17)15-11-8-10(16)9-13(11)4-6-14-7-5-13/h5-6,9-11,14,18,20,26H,4,7-8,12-13,15-16H2,1-3H3;11-12,15-16H,4-10H2,1-3H3;10-11,14-16H,4-9H2,1-3H3/t18-,20-,30?;11-,12-,18?;10-,11-,18?/m111/s1. The van der Waals surface area contributed by atoms with Gasteiger partial charge in [-0.25, -0.2) is 36.6 Å². The number of esters is 1. The predicted molar refractivity (Wildman–Crippen MR) is 271 cm³/mol. The largest absolute Gasteiger partial charge is 0.458 e. The molecule has 1 saturated heterocycles. The molecule has 0 amide bonds. The van der Waals surface area contributed by atoms with Crippen LogP contribution < -0.4 is 19.5 Å². The van der Waals surface area contributed by atoms with Gasteiger partial charge in [0.15, 0.2) is 5.69 Å². The van der Waals surface area contributed by atoms with Crippen LogP contribution in [-0.4, -0.2) is 97.6 Å². The van der Waals surface area contributed by atoms with Gasteiger partial charge in [-0.15, -0.1) is 0 Å². The fourth-order valence-electron chi connectivity index (χ4n) is 11.7. The zero-order valence-electron chi connectivity index (χ0n) is 41.7. The van der Waals surface area contributed by atoms with Crippen LogP contribution in [-0.2, 0) is 37.7 Å². The van der Waals surface area contributed by atoms with Crippen molar-refractivity contribution in [2.75, 3.05) is 13.1 Å². The summed E-state index contributed by atoms with van der Waals surface area (Å²) in [6.07, 6.45) is 20.0. The quantitative estimate of drug-likeness (QED) is 0.142. The van der Waals surface area contributed by atoms with Crippen molar-refractivity contribution in [2.45, 2.75) is 229 Å². The summed E-state index contributed by atoms with van der Waals surface area (Å²) in [5.74, 6) is -0.361. The lowest BCUT2D eigenvalue weighted by Gasteiger charge is -2.40. The Hall–Kier alpha value is -1.69. The number of nitrogens with zero attached hydrogens (tertiary/aromatic N) is 1. The zero-order valence-corrected chi connectivity index (χ0v) is 44.1. The molecule has 8 rings (SSSR count). The molecule has 1 aliphatic heterocycles. The summed E-state index contributed by atoms with van der Waals surface area (Å²) in [7, 11) is -3.22. The Morgan fingerprint density at radius 1 is 0.621 bits per heavy atom. The van der Waals surface area contributed by atoms with E-state index in [0.717, 1.165) is 81.6 Å². The Kier molecular flexibility index (Phi) is 18.0. The molecule has 2 aromatic rings. The van der Waals surface area contributed by atoms with Crippen LogP contribution >= 0.6 is 0 Å². The van der Waals surface area contributed by atoms with Crippen LogP contribution in [0.2, 0.25) is 0 Å². The number of hydrogen-bond donors (Lipinski definition) is 6. The number of piperidine rings is 1. The summed E-state index contributed by atoms with van der Waals surface area (Å²) < 4.78 is 52.6. The van der Waals surface area contributed by atoms with E-state index in [0.29, 0.717) is 12.1 Å². The lowest BCUT2D eigenvalue weighted by molar-refractivity contribution is 0.0269. The van der Waals surface area contributed by atoms with Gasteiger partial charge in [0.1, 0.15) is 6.10 Å². The predicted octanol–water partition coefficient (Wildman–Crippen LogP) is 8.37. The second kappa shape index (κ2) is 22.2. The molecule has 0 bridgehead atoms. The maximum atomic E-state index is 13.0. The number of nitrogens with one attached hydrogen (secondary N) is 4. The van der Waals surface area contributed by atoms with E-state index in [-0.39, 0.29) is 72.9 Å². The van der Waals surface area contributed by atoms with Crippen molar-refractivity contribution in [1.29, 1.82) is 0 Å². The van der Waals surface area contributed by atoms with Gasteiger partial charge < -0.3 is 20.3 Å². The molecule has 1 aromatic heterocycles. The highest BCUT2D eigenvalue weighted by Crippen LogP contribution is 2.51. The van der Waals surface area contributed by atoms with E-state index in [2.05, 4.69) is 24.5 Å². The number of benzene rings is 1. The number of carbonyl (C=O) groups excluding carboxylic acids is 1. The fraction of sp³-hybridized carbons (Fsp3) is 0.804. The molecule has 3 unspecified atom stereocenters. The van der Waals surface area contributed by atoms with Gasteiger partial charge in [0.25, 0.3) is 0 Å². The number of rotatable bonds is 8. The number of aliphatic hydroxyl groups excluding tert-OH is 2. The van der Waals surface area contributed by atoms with Crippen molar-refractivity contribution in [1.82, 2.24) is 24.5 Å². The molecule has 5 aliphatic carbocycles. The monoisotopic (exact) mass is 976 g/mol. The number of ether oxygens (including phenoxy) is 1. The minimum absolute atomic E-state index is 0.0658. The van der Waals surface area contributed by atoms with Crippen molar-refractivity contribution >= 4 is 49.7 Å². The van der Waals surface area contributed by atoms with E-state index in [1.807, 2.05) is 92.6 Å². The molecule has 6 fully saturated rings. The van der Waals surface area contributed by atoms with Crippen LogP contribution in [0.15, 0.2) is 36.5 Å². The summed E-state index contributed by atoms with van der Waals surface area (Å²) in [4.78, 5) is 17.3. The molecule has 0 radical (unpaired) electrons. The summed E-state index contributed by atoms with van der Waals surface area (Å²) >= 11 is 0. The SMILES string of the molecule is CC(C)(C)S(=O)N[C@@H]1C[C@@H](O)CC12CCCCC2.CC(C)(C)S(=O)N[C@@H]1C[C@@H](O)CC12CCNCC2.CC(C)(C)S(=O)N[C@@H]1C[C@@H](OC(=O)c2nccc3ccccc23)CC12CCCCC2. The van der Waals surface area contributed by atoms with E-state index >= 15 is 0 Å². The van der Waals surface area contributed by atoms with Crippen molar-refractivity contribution in [3.05, 3.63) is 42.2 Å². The van der Waals surface area contributed by atoms with Crippen LogP contribution in [0.3, 0.4) is 0 Å². The van der Waals surface area contributed by atoms with E-state index in [1.165, 1.54) is 51.4 Å². The van der Waals surface area contributed by atoms with Gasteiger partial charge in [0.05, 0.1) is 59.4 Å². The first-order chi connectivity index (χ1) is 31.0. The Morgan fingerprint density at radius 2 is 1.05 bits per heavy atom. The third kappa shape index (κ3) is 13.4. The Labute approximate surface area is 404 Å². The molecule has 374 valence electrons. The second-order valence-corrected chi connectivity index (χ2v) is 29.6. The maximum absolute atomic E-state index is 13.0. The van der Waals surface area contributed by atoms with E-state index < -0.39 is 33.0 Å². The first kappa shape index (κ1) is 53.7. The Balaban J connectivity index is 0.000000173. The minimum atomic E-state index is -1.14. The summed E-state index contributed by atoms with van der Waals surface area (Å²) in [5, 5.41) is 25.1. The van der Waals surface area contributed by atoms with Crippen LogP contribution in [0.1, 0.15) is 188 Å². The number of pyridine rings is 1. The van der Waals surface area contributed by atoms with Crippen molar-refractivity contribution in [3.63, 3.8) is 0 Å². The molecular formula is C51H85N5O7S3. The maximum Gasteiger partial charge on any atom is 0.357 e. The average molecular weight is 976 g/mol. The van der Waals surface area contributed by atoms with Gasteiger partial charge in [0.2, 0.25) is 0 Å². The molecule has 5 saturated carbocycles. The molecule has 1 aromatic carbocycles. The average Bonchev–Trinajstić information content (AvgIpc) is 3.84. The lowest BCUT2D eigenvalue weighted by Crippen LogP contribution is -2.50. The van der Waals surface area contributed by atoms with Gasteiger partial charge in [-0.1, -0.05) is 62.8 Å². The third-order valence-corrected chi connectivity index (χ3v) is 20.3. The smallest absolute Gasteiger partial charge is 0.357 e. The highest BCUT2D eigenvalue weighted by Gasteiger charge is 2.51. The summed E-state index contributed by atoms with van der Waals surface area (Å²) in [6.45, 7) is 19.9. The summed E-state index contributed by atoms with van der Waals surface area (Å²) in [6, 6.07) is 10.2.